The number of cyclic esters (lactones) is 1. The molecule has 0 radical (unpaired) electrons. The van der Waals surface area contributed by atoms with Crippen molar-refractivity contribution in [3.05, 3.63) is 68.3 Å². The molecule has 0 saturated carbocycles. The number of hydrazine groups is 2. The lowest BCUT2D eigenvalue weighted by Gasteiger charge is -2.25. The quantitative estimate of drug-likeness (QED) is 0.242. The van der Waals surface area contributed by atoms with E-state index in [1.54, 1.807) is 17.7 Å². The third-order valence-corrected chi connectivity index (χ3v) is 8.67. The van der Waals surface area contributed by atoms with Crippen molar-refractivity contribution in [3.63, 3.8) is 0 Å². The number of aliphatic carboxylic acids is 1. The Hall–Kier alpha value is -4.46. The predicted molar refractivity (Wildman–Crippen MR) is 151 cm³/mol. The zero-order chi connectivity index (χ0) is 29.8. The molecule has 1 aromatic carbocycles. The van der Waals surface area contributed by atoms with Crippen LogP contribution in [0.5, 0.6) is 5.75 Å². The molecule has 3 aliphatic heterocycles. The summed E-state index contributed by atoms with van der Waals surface area (Å²) in [4.78, 5) is 41.9. The maximum atomic E-state index is 13.6. The third kappa shape index (κ3) is 4.60. The van der Waals surface area contributed by atoms with E-state index in [2.05, 4.69) is 11.0 Å². The minimum Gasteiger partial charge on any atom is -0.497 e. The molecule has 0 amide bonds. The van der Waals surface area contributed by atoms with Crippen LogP contribution in [0.25, 0.3) is 22.3 Å². The fourth-order valence-corrected chi connectivity index (χ4v) is 6.52. The summed E-state index contributed by atoms with van der Waals surface area (Å²) < 4.78 is 18.0. The van der Waals surface area contributed by atoms with Gasteiger partial charge in [-0.15, -0.1) is 5.53 Å². The summed E-state index contributed by atoms with van der Waals surface area (Å²) in [6.07, 6.45) is 2.49. The van der Waals surface area contributed by atoms with Crippen molar-refractivity contribution in [2.24, 2.45) is 0 Å². The van der Waals surface area contributed by atoms with Crippen LogP contribution in [0.3, 0.4) is 0 Å². The second kappa shape index (κ2) is 10.7. The highest BCUT2D eigenvalue weighted by atomic mass is 16.5. The number of aromatic nitrogens is 2. The van der Waals surface area contributed by atoms with Crippen molar-refractivity contribution in [3.8, 4) is 17.1 Å². The minimum atomic E-state index is -1.53. The van der Waals surface area contributed by atoms with Gasteiger partial charge in [0.2, 0.25) is 0 Å². The molecule has 3 aromatic rings. The van der Waals surface area contributed by atoms with Crippen molar-refractivity contribution in [2.75, 3.05) is 13.7 Å². The van der Waals surface area contributed by atoms with E-state index < -0.39 is 18.0 Å². The highest BCUT2D eigenvalue weighted by Gasteiger charge is 2.36. The summed E-state index contributed by atoms with van der Waals surface area (Å²) in [6, 6.07) is 7.31. The van der Waals surface area contributed by atoms with Crippen LogP contribution in [0.1, 0.15) is 60.5 Å². The number of carboxylic acids is 1. The molecule has 4 aliphatic rings. The Morgan fingerprint density at radius 3 is 2.86 bits per heavy atom. The lowest BCUT2D eigenvalue weighted by atomic mass is 9.97. The van der Waals surface area contributed by atoms with Gasteiger partial charge in [-0.1, -0.05) is 12.8 Å². The number of hydrogen-bond acceptors (Lipinski definition) is 11. The van der Waals surface area contributed by atoms with Crippen LogP contribution in [0.15, 0.2) is 40.5 Å². The second-order valence-electron chi connectivity index (χ2n) is 11.1. The fourth-order valence-electron chi connectivity index (χ4n) is 6.52. The minimum absolute atomic E-state index is 0.189. The van der Waals surface area contributed by atoms with Crippen LogP contribution in [-0.2, 0) is 38.8 Å². The molecule has 4 N–H and O–H groups in total. The van der Waals surface area contributed by atoms with Gasteiger partial charge in [0.25, 0.3) is 5.56 Å². The van der Waals surface area contributed by atoms with Crippen LogP contribution in [0.2, 0.25) is 0 Å². The molecule has 0 spiro atoms. The first-order valence-electron chi connectivity index (χ1n) is 14.3. The normalized spacial score (nSPS) is 20.9. The highest BCUT2D eigenvalue weighted by molar-refractivity contribution is 5.89. The van der Waals surface area contributed by atoms with Crippen molar-refractivity contribution < 1.29 is 34.0 Å². The summed E-state index contributed by atoms with van der Waals surface area (Å²) in [7, 11) is 1.60. The monoisotopic (exact) mass is 589 g/mol. The molecule has 43 heavy (non-hydrogen) atoms. The molecule has 7 rings (SSSR count). The van der Waals surface area contributed by atoms with Crippen molar-refractivity contribution in [1.29, 1.82) is 0 Å². The Labute approximate surface area is 245 Å². The molecule has 2 aromatic heterocycles. The number of esters is 1. The number of carboxylic acid groups (broad SMARTS) is 1. The maximum absolute atomic E-state index is 13.6. The number of aliphatic hydroxyl groups is 1. The van der Waals surface area contributed by atoms with Gasteiger partial charge in [-0.3, -0.25) is 9.80 Å². The van der Waals surface area contributed by atoms with Gasteiger partial charge in [-0.25, -0.2) is 14.6 Å². The Balaban J connectivity index is 1.34. The van der Waals surface area contributed by atoms with Gasteiger partial charge in [0.15, 0.2) is 6.10 Å². The first-order chi connectivity index (χ1) is 20.8. The van der Waals surface area contributed by atoms with Crippen LogP contribution >= 0.6 is 0 Å². The van der Waals surface area contributed by atoms with E-state index in [-0.39, 0.29) is 42.5 Å². The second-order valence-corrected chi connectivity index (χ2v) is 11.1. The van der Waals surface area contributed by atoms with Crippen LogP contribution < -0.4 is 21.3 Å². The molecule has 13 heteroatoms. The van der Waals surface area contributed by atoms with Gasteiger partial charge >= 0.3 is 11.9 Å². The molecular weight excluding hydrogens is 558 g/mol. The van der Waals surface area contributed by atoms with E-state index >= 15 is 0 Å². The third-order valence-electron chi connectivity index (χ3n) is 8.67. The first kappa shape index (κ1) is 27.4. The van der Waals surface area contributed by atoms with Crippen LogP contribution in [-0.4, -0.2) is 56.5 Å². The number of fused-ring (bicyclic) bond motifs is 5. The Bertz CT molecular complexity index is 1770. The number of methoxy groups -OCH3 is 1. The summed E-state index contributed by atoms with van der Waals surface area (Å²) in [6.45, 7) is 0.0891. The maximum Gasteiger partial charge on any atom is 0.340 e. The number of pyridine rings is 2. The summed E-state index contributed by atoms with van der Waals surface area (Å²) in [5.74, 6) is -1.13. The number of hydrogen-bond donors (Lipinski definition) is 4. The number of benzene rings is 1. The zero-order valence-electron chi connectivity index (χ0n) is 23.5. The largest absolute Gasteiger partial charge is 0.497 e. The highest BCUT2D eigenvalue weighted by Crippen LogP contribution is 2.40. The molecule has 5 heterocycles. The van der Waals surface area contributed by atoms with E-state index in [4.69, 9.17) is 19.2 Å². The average Bonchev–Trinajstić information content (AvgIpc) is 3.55. The number of nitrogens with one attached hydrogen (secondary N) is 2. The molecule has 1 unspecified atom stereocenters. The Morgan fingerprint density at radius 2 is 2.05 bits per heavy atom. The van der Waals surface area contributed by atoms with Gasteiger partial charge in [0.05, 0.1) is 54.1 Å². The summed E-state index contributed by atoms with van der Waals surface area (Å²) in [5.41, 5.74) is 12.2. The standard InChI is InChI=1S/C30H31N5O8/c1-41-15-7-8-21-16(9-15)18(12-35-22-5-3-2-4-6-24(27(22)32-33-35)42-14-25(36)37)19-11-34-23(26(19)31-21)10-17-20(29(34)39)13-43-30(40)28(17)38/h7-10,24,28,32-33,38H,2-6,11-14H2,1H3,(H,36,37)/t24?,28-/m0/s1. The summed E-state index contributed by atoms with van der Waals surface area (Å²) in [5, 5.41) is 22.6. The molecule has 13 nitrogen and oxygen atoms in total. The lowest BCUT2D eigenvalue weighted by molar-refractivity contribution is -0.157. The van der Waals surface area contributed by atoms with Gasteiger partial charge in [0.1, 0.15) is 25.1 Å². The number of nitrogens with zero attached hydrogens (tertiary/aromatic N) is 3. The molecule has 0 fully saturated rings. The van der Waals surface area contributed by atoms with Gasteiger partial charge in [-0.2, -0.15) is 0 Å². The lowest BCUT2D eigenvalue weighted by Crippen LogP contribution is -2.39. The van der Waals surface area contributed by atoms with Gasteiger partial charge in [0, 0.05) is 16.5 Å². The summed E-state index contributed by atoms with van der Waals surface area (Å²) >= 11 is 0. The predicted octanol–water partition coefficient (Wildman–Crippen LogP) is 1.99. The molecule has 1 aliphatic carbocycles. The number of carbonyl (C=O) groups is 2. The van der Waals surface area contributed by atoms with Gasteiger partial charge < -0.3 is 34.4 Å². The van der Waals surface area contributed by atoms with E-state index in [1.807, 2.05) is 23.2 Å². The van der Waals surface area contributed by atoms with E-state index in [0.717, 1.165) is 53.6 Å². The smallest absolute Gasteiger partial charge is 0.340 e. The first-order valence-corrected chi connectivity index (χ1v) is 14.3. The van der Waals surface area contributed by atoms with E-state index in [1.165, 1.54) is 0 Å². The molecule has 224 valence electrons. The fraction of sp³-hybridized carbons (Fsp3) is 0.400. The Morgan fingerprint density at radius 1 is 1.19 bits per heavy atom. The van der Waals surface area contributed by atoms with Crippen molar-refractivity contribution in [1.82, 2.24) is 25.5 Å². The van der Waals surface area contributed by atoms with Crippen LogP contribution in [0, 0.1) is 0 Å². The van der Waals surface area contributed by atoms with Crippen molar-refractivity contribution in [2.45, 2.75) is 64.0 Å². The van der Waals surface area contributed by atoms with E-state index in [0.29, 0.717) is 35.6 Å². The molecular formula is C30H31N5O8. The van der Waals surface area contributed by atoms with Crippen LogP contribution in [0.4, 0.5) is 0 Å². The topological polar surface area (TPSA) is 164 Å². The van der Waals surface area contributed by atoms with Crippen molar-refractivity contribution >= 4 is 22.8 Å². The average molecular weight is 590 g/mol. The SMILES string of the molecule is COc1ccc2nc3c(c(CN4NNC5=C4CCCCCC5OCC(=O)O)c2c1)Cn1c-3cc2c(c1=O)COC(=O)[C@H]2O. The number of ether oxygens (including phenoxy) is 3. The van der Waals surface area contributed by atoms with Gasteiger partial charge in [-0.05, 0) is 49.1 Å². The van der Waals surface area contributed by atoms with E-state index in [9.17, 15) is 24.6 Å². The molecule has 0 saturated heterocycles. The number of allylic oxidation sites excluding steroid dienone is 1. The number of aliphatic hydroxyl groups excluding tert-OH is 1. The number of carbonyl (C=O) groups excluding carboxylic acids is 1. The molecule has 0 bridgehead atoms. The zero-order valence-corrected chi connectivity index (χ0v) is 23.5. The number of rotatable bonds is 6. The molecule has 2 atom stereocenters. The Kier molecular flexibility index (Phi) is 6.79.